The number of hydrogen-bond donors (Lipinski definition) is 1. The van der Waals surface area contributed by atoms with Crippen molar-refractivity contribution in [2.24, 2.45) is 0 Å². The maximum atomic E-state index is 13.6. The molecule has 0 aliphatic rings. The summed E-state index contributed by atoms with van der Waals surface area (Å²) in [6.45, 7) is 1.38. The van der Waals surface area contributed by atoms with Gasteiger partial charge in [-0.25, -0.2) is 9.18 Å². The predicted molar refractivity (Wildman–Crippen MR) is 73.6 cm³/mol. The first-order valence-corrected chi connectivity index (χ1v) is 6.09. The highest BCUT2D eigenvalue weighted by molar-refractivity contribution is 5.91. The number of pyridine rings is 1. The third-order valence-corrected chi connectivity index (χ3v) is 2.86. The van der Waals surface area contributed by atoms with Crippen LogP contribution in [0.3, 0.4) is 0 Å². The fourth-order valence-electron chi connectivity index (χ4n) is 1.73. The molecule has 0 atom stereocenters. The molecule has 0 saturated heterocycles. The van der Waals surface area contributed by atoms with E-state index in [9.17, 15) is 9.18 Å². The molecule has 0 aliphatic carbocycles. The number of hydrogen-bond acceptors (Lipinski definition) is 5. The monoisotopic (exact) mass is 285 g/mol. The van der Waals surface area contributed by atoms with Crippen molar-refractivity contribution < 1.29 is 13.9 Å². The lowest BCUT2D eigenvalue weighted by Crippen LogP contribution is -2.09. The molecular weight excluding hydrogens is 273 g/mol. The van der Waals surface area contributed by atoms with E-state index in [2.05, 4.69) is 4.98 Å². The first-order chi connectivity index (χ1) is 10.0. The van der Waals surface area contributed by atoms with Gasteiger partial charge in [-0.05, 0) is 31.2 Å². The van der Waals surface area contributed by atoms with Crippen LogP contribution in [0.25, 0.3) is 0 Å². The molecule has 2 aromatic rings. The highest BCUT2D eigenvalue weighted by atomic mass is 19.1. The van der Waals surface area contributed by atoms with Crippen LogP contribution >= 0.6 is 0 Å². The average molecular weight is 285 g/mol. The van der Waals surface area contributed by atoms with Crippen molar-refractivity contribution in [3.05, 3.63) is 58.7 Å². The van der Waals surface area contributed by atoms with Crippen molar-refractivity contribution in [3.63, 3.8) is 0 Å². The van der Waals surface area contributed by atoms with Crippen molar-refractivity contribution in [3.8, 4) is 6.07 Å². The molecule has 0 radical (unpaired) electrons. The van der Waals surface area contributed by atoms with Crippen LogP contribution in [0.15, 0.2) is 30.5 Å². The summed E-state index contributed by atoms with van der Waals surface area (Å²) in [5.74, 6) is -1.18. The maximum Gasteiger partial charge on any atom is 0.340 e. The highest BCUT2D eigenvalue weighted by Crippen LogP contribution is 2.15. The Morgan fingerprint density at radius 1 is 1.48 bits per heavy atom. The molecule has 2 N–H and O–H groups in total. The van der Waals surface area contributed by atoms with Crippen LogP contribution in [0.5, 0.6) is 0 Å². The van der Waals surface area contributed by atoms with Gasteiger partial charge >= 0.3 is 5.97 Å². The number of nitriles is 1. The summed E-state index contributed by atoms with van der Waals surface area (Å²) in [5.41, 5.74) is 7.04. The Bertz CT molecular complexity index is 738. The number of nitrogens with two attached hydrogens (primary N) is 1. The van der Waals surface area contributed by atoms with Gasteiger partial charge in [0, 0.05) is 5.56 Å². The summed E-state index contributed by atoms with van der Waals surface area (Å²) in [7, 11) is 0. The average Bonchev–Trinajstić information content (AvgIpc) is 2.48. The number of ether oxygens (including phenoxy) is 1. The Morgan fingerprint density at radius 3 is 2.95 bits per heavy atom. The number of carbonyl (C=O) groups is 1. The van der Waals surface area contributed by atoms with E-state index >= 15 is 0 Å². The lowest BCUT2D eigenvalue weighted by atomic mass is 10.1. The highest BCUT2D eigenvalue weighted by Gasteiger charge is 2.13. The normalized spacial score (nSPS) is 9.95. The molecule has 0 spiro atoms. The van der Waals surface area contributed by atoms with Crippen LogP contribution in [-0.4, -0.2) is 11.0 Å². The molecule has 21 heavy (non-hydrogen) atoms. The molecule has 0 amide bonds. The molecule has 0 bridgehead atoms. The number of nitrogens with zero attached hydrogens (tertiary/aromatic N) is 2. The molecule has 6 heteroatoms. The second-order valence-electron chi connectivity index (χ2n) is 4.40. The maximum absolute atomic E-state index is 13.6. The van der Waals surface area contributed by atoms with E-state index in [1.165, 1.54) is 24.4 Å². The summed E-state index contributed by atoms with van der Waals surface area (Å²) in [5, 5.41) is 8.77. The van der Waals surface area contributed by atoms with Gasteiger partial charge in [-0.2, -0.15) is 5.26 Å². The Labute approximate surface area is 120 Å². The number of benzene rings is 1. The summed E-state index contributed by atoms with van der Waals surface area (Å²) in [6.07, 6.45) is 1.43. The lowest BCUT2D eigenvalue weighted by molar-refractivity contribution is 0.0467. The topological polar surface area (TPSA) is 89.0 Å². The van der Waals surface area contributed by atoms with Crippen LogP contribution in [-0.2, 0) is 11.3 Å². The van der Waals surface area contributed by atoms with E-state index in [0.717, 1.165) is 6.07 Å². The zero-order valence-electron chi connectivity index (χ0n) is 11.3. The van der Waals surface area contributed by atoms with Crippen LogP contribution in [0.2, 0.25) is 0 Å². The molecule has 0 saturated carbocycles. The zero-order valence-corrected chi connectivity index (χ0v) is 11.3. The van der Waals surface area contributed by atoms with Gasteiger partial charge in [0.05, 0.1) is 34.8 Å². The van der Waals surface area contributed by atoms with Gasteiger partial charge < -0.3 is 10.5 Å². The molecule has 0 aliphatic heterocycles. The molecule has 0 fully saturated rings. The third kappa shape index (κ3) is 3.34. The van der Waals surface area contributed by atoms with Gasteiger partial charge in [-0.1, -0.05) is 0 Å². The van der Waals surface area contributed by atoms with Gasteiger partial charge in [-0.3, -0.25) is 4.98 Å². The molecule has 2 rings (SSSR count). The van der Waals surface area contributed by atoms with Gasteiger partial charge in [-0.15, -0.1) is 0 Å². The minimum Gasteiger partial charge on any atom is -0.457 e. The van der Waals surface area contributed by atoms with E-state index < -0.39 is 11.8 Å². The predicted octanol–water partition coefficient (Wildman–Crippen LogP) is 2.34. The fourth-order valence-corrected chi connectivity index (χ4v) is 1.73. The molecule has 5 nitrogen and oxygen atoms in total. The Hall–Kier alpha value is -2.94. The SMILES string of the molecule is Cc1ncc(N)cc1C(=O)OCc1cc(C#N)ccc1F. The van der Waals surface area contributed by atoms with Crippen molar-refractivity contribution in [2.75, 3.05) is 5.73 Å². The molecule has 0 unspecified atom stereocenters. The van der Waals surface area contributed by atoms with Crippen molar-refractivity contribution >= 4 is 11.7 Å². The number of aryl methyl sites for hydroxylation is 1. The van der Waals surface area contributed by atoms with Crippen LogP contribution in [0.1, 0.15) is 27.2 Å². The lowest BCUT2D eigenvalue weighted by Gasteiger charge is -2.08. The molecule has 1 aromatic heterocycles. The standard InChI is InChI=1S/C15H12FN3O2/c1-9-13(5-12(18)7-19-9)15(20)21-8-11-4-10(6-17)2-3-14(11)16/h2-5,7H,8,18H2,1H3. The fraction of sp³-hybridized carbons (Fsp3) is 0.133. The number of nitrogen functional groups attached to an aromatic ring is 1. The summed E-state index contributed by atoms with van der Waals surface area (Å²) >= 11 is 0. The van der Waals surface area contributed by atoms with Gasteiger partial charge in [0.25, 0.3) is 0 Å². The third-order valence-electron chi connectivity index (χ3n) is 2.86. The first kappa shape index (κ1) is 14.5. The Morgan fingerprint density at radius 2 is 2.24 bits per heavy atom. The first-order valence-electron chi connectivity index (χ1n) is 6.09. The number of anilines is 1. The van der Waals surface area contributed by atoms with Crippen LogP contribution in [0, 0.1) is 24.1 Å². The summed E-state index contributed by atoms with van der Waals surface area (Å²) in [4.78, 5) is 15.9. The van der Waals surface area contributed by atoms with Gasteiger partial charge in [0.1, 0.15) is 12.4 Å². The van der Waals surface area contributed by atoms with E-state index in [1.807, 2.05) is 6.07 Å². The van der Waals surface area contributed by atoms with Crippen LogP contribution < -0.4 is 5.73 Å². The van der Waals surface area contributed by atoms with E-state index in [0.29, 0.717) is 16.9 Å². The summed E-state index contributed by atoms with van der Waals surface area (Å²) < 4.78 is 18.6. The van der Waals surface area contributed by atoms with Crippen molar-refractivity contribution in [1.29, 1.82) is 5.26 Å². The molecule has 106 valence electrons. The second-order valence-corrected chi connectivity index (χ2v) is 4.40. The van der Waals surface area contributed by atoms with Crippen molar-refractivity contribution in [1.82, 2.24) is 4.98 Å². The van der Waals surface area contributed by atoms with E-state index in [-0.39, 0.29) is 17.7 Å². The number of aromatic nitrogens is 1. The van der Waals surface area contributed by atoms with Gasteiger partial charge in [0.2, 0.25) is 0 Å². The smallest absolute Gasteiger partial charge is 0.340 e. The molecular formula is C15H12FN3O2. The summed E-state index contributed by atoms with van der Waals surface area (Å²) in [6, 6.07) is 7.20. The zero-order chi connectivity index (χ0) is 15.4. The van der Waals surface area contributed by atoms with E-state index in [4.69, 9.17) is 15.7 Å². The largest absolute Gasteiger partial charge is 0.457 e. The van der Waals surface area contributed by atoms with Gasteiger partial charge in [0.15, 0.2) is 0 Å². The van der Waals surface area contributed by atoms with Crippen LogP contribution in [0.4, 0.5) is 10.1 Å². The Kier molecular flexibility index (Phi) is 4.14. The Balaban J connectivity index is 2.15. The minimum atomic E-state index is -0.644. The van der Waals surface area contributed by atoms with Crippen molar-refractivity contribution in [2.45, 2.75) is 13.5 Å². The second kappa shape index (κ2) is 6.01. The number of halogens is 1. The number of esters is 1. The molecule has 1 aromatic carbocycles. The molecule has 1 heterocycles. The quantitative estimate of drug-likeness (QED) is 0.874. The number of rotatable bonds is 3. The van der Waals surface area contributed by atoms with E-state index in [1.54, 1.807) is 6.92 Å². The number of carbonyl (C=O) groups excluding carboxylic acids is 1. The minimum absolute atomic E-state index is 0.136.